The molecule has 8 nitrogen and oxygen atoms in total. The Kier molecular flexibility index (Phi) is 7.55. The summed E-state index contributed by atoms with van der Waals surface area (Å²) in [6, 6.07) is 16.1. The molecule has 2 heterocycles. The van der Waals surface area contributed by atoms with E-state index in [1.54, 1.807) is 28.8 Å². The van der Waals surface area contributed by atoms with Crippen LogP contribution in [-0.2, 0) is 9.59 Å². The molecule has 0 aliphatic carbocycles. The zero-order chi connectivity index (χ0) is 25.8. The second kappa shape index (κ2) is 10.8. The van der Waals surface area contributed by atoms with Gasteiger partial charge in [0.25, 0.3) is 11.7 Å². The van der Waals surface area contributed by atoms with Gasteiger partial charge in [-0.15, -0.1) is 0 Å². The fourth-order valence-corrected chi connectivity index (χ4v) is 4.67. The summed E-state index contributed by atoms with van der Waals surface area (Å²) in [5, 5.41) is 15.9. The molecule has 0 saturated carbocycles. The highest BCUT2D eigenvalue weighted by molar-refractivity contribution is 6.46. The maximum Gasteiger partial charge on any atom is 0.295 e. The smallest absolute Gasteiger partial charge is 0.295 e. The van der Waals surface area contributed by atoms with Gasteiger partial charge in [0.2, 0.25) is 0 Å². The second-order valence-electron chi connectivity index (χ2n) is 8.69. The lowest BCUT2D eigenvalue weighted by atomic mass is 9.95. The number of carbonyl (C=O) groups excluding carboxylic acids is 2. The van der Waals surface area contributed by atoms with Crippen LogP contribution in [0, 0.1) is 6.92 Å². The van der Waals surface area contributed by atoms with E-state index in [1.807, 2.05) is 49.4 Å². The van der Waals surface area contributed by atoms with Crippen molar-refractivity contribution in [2.45, 2.75) is 26.8 Å². The van der Waals surface area contributed by atoms with E-state index in [2.05, 4.69) is 23.8 Å². The number of likely N-dealkylation sites (N-methyl/N-ethyl adjacent to an activating group) is 1. The molecule has 1 atom stereocenters. The average molecular weight is 489 g/mol. The van der Waals surface area contributed by atoms with Crippen LogP contribution in [0.5, 0.6) is 5.75 Å². The van der Waals surface area contributed by atoms with E-state index < -0.39 is 17.7 Å². The van der Waals surface area contributed by atoms with E-state index >= 15 is 0 Å². The maximum absolute atomic E-state index is 13.4. The molecule has 0 radical (unpaired) electrons. The van der Waals surface area contributed by atoms with Gasteiger partial charge >= 0.3 is 0 Å². The van der Waals surface area contributed by atoms with Crippen LogP contribution in [-0.4, -0.2) is 69.7 Å². The first-order chi connectivity index (χ1) is 17.4. The molecule has 4 rings (SSSR count). The van der Waals surface area contributed by atoms with E-state index in [0.717, 1.165) is 18.8 Å². The topological polar surface area (TPSA) is 87.9 Å². The molecule has 1 aliphatic rings. The van der Waals surface area contributed by atoms with Crippen molar-refractivity contribution in [1.82, 2.24) is 19.6 Å². The summed E-state index contributed by atoms with van der Waals surface area (Å²) in [7, 11) is 1.57. The summed E-state index contributed by atoms with van der Waals surface area (Å²) in [4.78, 5) is 30.4. The Labute approximate surface area is 211 Å². The SMILES string of the molecule is CCN(CC)CCN1C(=O)C(=O)C(=C(O)c2cnn(-c3ccccc3)c2C)C1c1cccc(OC)c1. The van der Waals surface area contributed by atoms with Gasteiger partial charge < -0.3 is 19.6 Å². The normalized spacial score (nSPS) is 17.2. The summed E-state index contributed by atoms with van der Waals surface area (Å²) < 4.78 is 7.10. The van der Waals surface area contributed by atoms with Crippen LogP contribution in [0.25, 0.3) is 11.4 Å². The summed E-state index contributed by atoms with van der Waals surface area (Å²) >= 11 is 0. The van der Waals surface area contributed by atoms with Gasteiger partial charge in [0.05, 0.1) is 41.9 Å². The molecule has 8 heteroatoms. The predicted octanol–water partition coefficient (Wildman–Crippen LogP) is 3.95. The molecule has 1 saturated heterocycles. The highest BCUT2D eigenvalue weighted by Crippen LogP contribution is 2.40. The standard InChI is InChI=1S/C28H32N4O4/c1-5-30(6-2)15-16-31-25(20-11-10-14-22(17-20)36-4)24(27(34)28(31)35)26(33)23-18-29-32(19(23)3)21-12-8-7-9-13-21/h7-14,17-18,25,33H,5-6,15-16H2,1-4H3. The van der Waals surface area contributed by atoms with Gasteiger partial charge in [0, 0.05) is 13.1 Å². The summed E-state index contributed by atoms with van der Waals surface area (Å²) in [6.45, 7) is 8.59. The number of carbonyl (C=O) groups is 2. The van der Waals surface area contributed by atoms with Crippen LogP contribution >= 0.6 is 0 Å². The number of aromatic nitrogens is 2. The molecule has 1 amide bonds. The van der Waals surface area contributed by atoms with Crippen molar-refractivity contribution in [2.75, 3.05) is 33.3 Å². The number of ether oxygens (including phenoxy) is 1. The highest BCUT2D eigenvalue weighted by Gasteiger charge is 2.46. The Balaban J connectivity index is 1.83. The predicted molar refractivity (Wildman–Crippen MR) is 138 cm³/mol. The third-order valence-electron chi connectivity index (χ3n) is 6.77. The average Bonchev–Trinajstić information content (AvgIpc) is 3.42. The van der Waals surface area contributed by atoms with E-state index in [0.29, 0.717) is 35.7 Å². The minimum Gasteiger partial charge on any atom is -0.507 e. The first-order valence-electron chi connectivity index (χ1n) is 12.2. The number of likely N-dealkylation sites (tertiary alicyclic amines) is 1. The third-order valence-corrected chi connectivity index (χ3v) is 6.77. The van der Waals surface area contributed by atoms with Gasteiger partial charge in [-0.1, -0.05) is 44.2 Å². The summed E-state index contributed by atoms with van der Waals surface area (Å²) in [6.07, 6.45) is 1.53. The summed E-state index contributed by atoms with van der Waals surface area (Å²) in [5.41, 5.74) is 2.66. The van der Waals surface area contributed by atoms with Gasteiger partial charge in [0.15, 0.2) is 0 Å². The Morgan fingerprint density at radius 3 is 2.47 bits per heavy atom. The number of amides is 1. The van der Waals surface area contributed by atoms with Crippen molar-refractivity contribution < 1.29 is 19.4 Å². The first-order valence-corrected chi connectivity index (χ1v) is 12.2. The van der Waals surface area contributed by atoms with Crippen LogP contribution < -0.4 is 4.74 Å². The number of Topliss-reactive ketones (excluding diaryl/α,β-unsaturated/α-hetero) is 1. The Morgan fingerprint density at radius 2 is 1.81 bits per heavy atom. The Bertz CT molecular complexity index is 1280. The number of hydrogen-bond donors (Lipinski definition) is 1. The fourth-order valence-electron chi connectivity index (χ4n) is 4.67. The Morgan fingerprint density at radius 1 is 1.08 bits per heavy atom. The molecular weight excluding hydrogens is 456 g/mol. The molecule has 1 N–H and O–H groups in total. The van der Waals surface area contributed by atoms with Crippen LogP contribution in [0.15, 0.2) is 66.4 Å². The van der Waals surface area contributed by atoms with Gasteiger partial charge in [0.1, 0.15) is 11.5 Å². The molecule has 1 aromatic heterocycles. The molecule has 188 valence electrons. The molecule has 2 aromatic carbocycles. The molecule has 0 bridgehead atoms. The minimum absolute atomic E-state index is 0.0588. The number of rotatable bonds is 9. The number of ketones is 1. The van der Waals surface area contributed by atoms with Crippen LogP contribution in [0.4, 0.5) is 0 Å². The Hall–Kier alpha value is -3.91. The van der Waals surface area contributed by atoms with E-state index in [-0.39, 0.29) is 11.3 Å². The van der Waals surface area contributed by atoms with Gasteiger partial charge in [-0.2, -0.15) is 5.10 Å². The number of para-hydroxylation sites is 1. The number of aliphatic hydroxyl groups excluding tert-OH is 1. The van der Waals surface area contributed by atoms with E-state index in [9.17, 15) is 14.7 Å². The van der Waals surface area contributed by atoms with Crippen molar-refractivity contribution >= 4 is 17.4 Å². The molecule has 1 unspecified atom stereocenters. The number of benzene rings is 2. The van der Waals surface area contributed by atoms with Gasteiger partial charge in [-0.05, 0) is 49.8 Å². The number of hydrogen-bond acceptors (Lipinski definition) is 6. The van der Waals surface area contributed by atoms with Gasteiger partial charge in [-0.25, -0.2) is 4.68 Å². The van der Waals surface area contributed by atoms with Crippen molar-refractivity contribution in [3.8, 4) is 11.4 Å². The molecule has 1 aliphatic heterocycles. The number of aliphatic hydroxyl groups is 1. The van der Waals surface area contributed by atoms with Crippen LogP contribution in [0.2, 0.25) is 0 Å². The lowest BCUT2D eigenvalue weighted by Gasteiger charge is -2.28. The monoisotopic (exact) mass is 488 g/mol. The molecule has 1 fully saturated rings. The lowest BCUT2D eigenvalue weighted by molar-refractivity contribution is -0.140. The quantitative estimate of drug-likeness (QED) is 0.279. The van der Waals surface area contributed by atoms with Crippen molar-refractivity contribution in [2.24, 2.45) is 0 Å². The zero-order valence-corrected chi connectivity index (χ0v) is 21.1. The van der Waals surface area contributed by atoms with E-state index in [1.165, 1.54) is 6.20 Å². The van der Waals surface area contributed by atoms with Crippen LogP contribution in [0.3, 0.4) is 0 Å². The fraction of sp³-hybridized carbons (Fsp3) is 0.321. The number of nitrogens with zero attached hydrogens (tertiary/aromatic N) is 4. The van der Waals surface area contributed by atoms with Crippen molar-refractivity contribution in [3.63, 3.8) is 0 Å². The largest absolute Gasteiger partial charge is 0.507 e. The maximum atomic E-state index is 13.4. The summed E-state index contributed by atoms with van der Waals surface area (Å²) in [5.74, 6) is -0.947. The van der Waals surface area contributed by atoms with Crippen molar-refractivity contribution in [1.29, 1.82) is 0 Å². The highest BCUT2D eigenvalue weighted by atomic mass is 16.5. The zero-order valence-electron chi connectivity index (χ0n) is 21.1. The minimum atomic E-state index is -0.741. The van der Waals surface area contributed by atoms with Gasteiger partial charge in [-0.3, -0.25) is 9.59 Å². The van der Waals surface area contributed by atoms with E-state index in [4.69, 9.17) is 4.74 Å². The second-order valence-corrected chi connectivity index (χ2v) is 8.69. The molecule has 36 heavy (non-hydrogen) atoms. The van der Waals surface area contributed by atoms with Crippen molar-refractivity contribution in [3.05, 3.63) is 83.2 Å². The van der Waals surface area contributed by atoms with Crippen LogP contribution in [0.1, 0.15) is 36.7 Å². The molecular formula is C28H32N4O4. The first kappa shape index (κ1) is 25.2. The molecule has 0 spiro atoms. The molecule has 3 aromatic rings. The lowest BCUT2D eigenvalue weighted by Crippen LogP contribution is -2.38. The third kappa shape index (κ3) is 4.64. The number of methoxy groups -OCH3 is 1.